The first-order valence-electron chi connectivity index (χ1n) is 6.93. The number of aliphatic hydroxyl groups excluding tert-OH is 7. The van der Waals surface area contributed by atoms with Crippen LogP contribution in [-0.4, -0.2) is 104 Å². The van der Waals surface area contributed by atoms with Crippen LogP contribution in [0.3, 0.4) is 0 Å². The SMILES string of the molecule is C[C@H]1O[C@H](OC[C@H]2O[C@H](O)[C@@H](O)[C@@H](O)[C@@H]2O)[C@@H](O)[C@@H](O)[C@@H]1O. The molecule has 2 aliphatic rings. The van der Waals surface area contributed by atoms with Crippen molar-refractivity contribution in [3.05, 3.63) is 0 Å². The Bertz CT molecular complexity index is 334. The quantitative estimate of drug-likeness (QED) is 0.269. The second-order valence-electron chi connectivity index (χ2n) is 5.55. The molecule has 7 N–H and O–H groups in total. The van der Waals surface area contributed by atoms with E-state index in [1.165, 1.54) is 6.92 Å². The molecule has 0 aliphatic carbocycles. The predicted molar refractivity (Wildman–Crippen MR) is 67.2 cm³/mol. The monoisotopic (exact) mass is 326 g/mol. The average molecular weight is 326 g/mol. The van der Waals surface area contributed by atoms with Gasteiger partial charge in [0, 0.05) is 0 Å². The zero-order valence-electron chi connectivity index (χ0n) is 11.8. The molecule has 2 saturated heterocycles. The summed E-state index contributed by atoms with van der Waals surface area (Å²) in [5, 5.41) is 67.0. The third kappa shape index (κ3) is 3.41. The van der Waals surface area contributed by atoms with E-state index in [4.69, 9.17) is 14.2 Å². The number of hydrogen-bond donors (Lipinski definition) is 7. The van der Waals surface area contributed by atoms with Gasteiger partial charge in [-0.05, 0) is 6.92 Å². The summed E-state index contributed by atoms with van der Waals surface area (Å²) in [6.07, 6.45) is -14.0. The second kappa shape index (κ2) is 7.01. The predicted octanol–water partition coefficient (Wildman–Crippen LogP) is -4.37. The molecule has 10 nitrogen and oxygen atoms in total. The zero-order valence-corrected chi connectivity index (χ0v) is 11.8. The summed E-state index contributed by atoms with van der Waals surface area (Å²) in [5.74, 6) is 0. The van der Waals surface area contributed by atoms with Crippen molar-refractivity contribution in [1.29, 1.82) is 0 Å². The fourth-order valence-corrected chi connectivity index (χ4v) is 2.41. The lowest BCUT2D eigenvalue weighted by Crippen LogP contribution is -2.60. The van der Waals surface area contributed by atoms with E-state index in [0.717, 1.165) is 0 Å². The van der Waals surface area contributed by atoms with Crippen molar-refractivity contribution in [2.24, 2.45) is 0 Å². The first kappa shape index (κ1) is 17.9. The number of hydrogen-bond acceptors (Lipinski definition) is 10. The van der Waals surface area contributed by atoms with Crippen LogP contribution in [0.1, 0.15) is 6.92 Å². The molecule has 2 fully saturated rings. The molecule has 0 aromatic heterocycles. The summed E-state index contributed by atoms with van der Waals surface area (Å²) in [6.45, 7) is 1.09. The van der Waals surface area contributed by atoms with E-state index in [-0.39, 0.29) is 6.61 Å². The van der Waals surface area contributed by atoms with E-state index < -0.39 is 61.4 Å². The minimum Gasteiger partial charge on any atom is -0.388 e. The van der Waals surface area contributed by atoms with Crippen LogP contribution in [0, 0.1) is 0 Å². The normalized spacial score (nSPS) is 53.5. The highest BCUT2D eigenvalue weighted by molar-refractivity contribution is 4.90. The Balaban J connectivity index is 1.92. The summed E-state index contributed by atoms with van der Waals surface area (Å²) in [7, 11) is 0. The van der Waals surface area contributed by atoms with Crippen molar-refractivity contribution in [2.45, 2.75) is 68.3 Å². The minimum atomic E-state index is -1.70. The molecule has 10 atom stereocenters. The molecule has 0 spiro atoms. The van der Waals surface area contributed by atoms with Gasteiger partial charge in [-0.1, -0.05) is 0 Å². The molecule has 2 aliphatic heterocycles. The summed E-state index contributed by atoms with van der Waals surface area (Å²) in [4.78, 5) is 0. The lowest BCUT2D eigenvalue weighted by Gasteiger charge is -2.41. The molecule has 0 radical (unpaired) electrons. The van der Waals surface area contributed by atoms with E-state index in [1.54, 1.807) is 0 Å². The minimum absolute atomic E-state index is 0.390. The van der Waals surface area contributed by atoms with Crippen molar-refractivity contribution in [1.82, 2.24) is 0 Å². The molecule has 0 saturated carbocycles. The highest BCUT2D eigenvalue weighted by atomic mass is 16.7. The molecule has 130 valence electrons. The zero-order chi connectivity index (χ0) is 16.6. The van der Waals surface area contributed by atoms with Gasteiger partial charge < -0.3 is 50.0 Å². The topological polar surface area (TPSA) is 169 Å². The standard InChI is InChI=1S/C12H22O10/c1-3-5(13)7(15)10(18)12(21-3)20-2-4-6(14)8(16)9(17)11(19)22-4/h3-19H,2H2,1H3/t3-,4-,5-,6-,7+,8+,9+,10+,11+,12+/m1/s1. The maximum atomic E-state index is 9.76. The van der Waals surface area contributed by atoms with Crippen molar-refractivity contribution in [3.8, 4) is 0 Å². The number of rotatable bonds is 3. The number of ether oxygens (including phenoxy) is 3. The van der Waals surface area contributed by atoms with Crippen molar-refractivity contribution in [2.75, 3.05) is 6.61 Å². The average Bonchev–Trinajstić information content (AvgIpc) is 2.49. The third-order valence-electron chi connectivity index (χ3n) is 3.92. The van der Waals surface area contributed by atoms with E-state index in [0.29, 0.717) is 0 Å². The van der Waals surface area contributed by atoms with E-state index in [9.17, 15) is 35.7 Å². The molecule has 0 bridgehead atoms. The Labute approximate surface area is 126 Å². The molecule has 0 unspecified atom stereocenters. The maximum Gasteiger partial charge on any atom is 0.186 e. The summed E-state index contributed by atoms with van der Waals surface area (Å²) < 4.78 is 15.3. The highest BCUT2D eigenvalue weighted by Gasteiger charge is 2.45. The Morgan fingerprint density at radius 2 is 1.32 bits per heavy atom. The van der Waals surface area contributed by atoms with Crippen LogP contribution >= 0.6 is 0 Å². The number of aliphatic hydroxyl groups is 7. The molecular formula is C12H22O10. The van der Waals surface area contributed by atoms with Crippen LogP contribution in [0.15, 0.2) is 0 Å². The second-order valence-corrected chi connectivity index (χ2v) is 5.55. The van der Waals surface area contributed by atoms with Gasteiger partial charge in [0.1, 0.15) is 42.7 Å². The largest absolute Gasteiger partial charge is 0.388 e. The fraction of sp³-hybridized carbons (Fsp3) is 1.00. The van der Waals surface area contributed by atoms with Gasteiger partial charge in [0.2, 0.25) is 0 Å². The van der Waals surface area contributed by atoms with Gasteiger partial charge in [-0.2, -0.15) is 0 Å². The first-order chi connectivity index (χ1) is 10.2. The smallest absolute Gasteiger partial charge is 0.186 e. The van der Waals surface area contributed by atoms with Gasteiger partial charge >= 0.3 is 0 Å². The van der Waals surface area contributed by atoms with Crippen molar-refractivity contribution in [3.63, 3.8) is 0 Å². The van der Waals surface area contributed by atoms with Gasteiger partial charge in [-0.25, -0.2) is 0 Å². The molecule has 22 heavy (non-hydrogen) atoms. The van der Waals surface area contributed by atoms with Gasteiger partial charge in [-0.3, -0.25) is 0 Å². The summed E-state index contributed by atoms with van der Waals surface area (Å²) in [5.41, 5.74) is 0. The Kier molecular flexibility index (Phi) is 5.72. The van der Waals surface area contributed by atoms with Crippen LogP contribution in [-0.2, 0) is 14.2 Å². The van der Waals surface area contributed by atoms with Crippen LogP contribution in [0.25, 0.3) is 0 Å². The highest BCUT2D eigenvalue weighted by Crippen LogP contribution is 2.24. The van der Waals surface area contributed by atoms with Crippen LogP contribution in [0.4, 0.5) is 0 Å². The molecular weight excluding hydrogens is 304 g/mol. The molecule has 0 aromatic carbocycles. The van der Waals surface area contributed by atoms with Crippen molar-refractivity contribution < 1.29 is 50.0 Å². The third-order valence-corrected chi connectivity index (χ3v) is 3.92. The van der Waals surface area contributed by atoms with Crippen LogP contribution in [0.5, 0.6) is 0 Å². The van der Waals surface area contributed by atoms with Crippen LogP contribution in [0.2, 0.25) is 0 Å². The Morgan fingerprint density at radius 1 is 0.727 bits per heavy atom. The maximum absolute atomic E-state index is 9.76. The summed E-state index contributed by atoms with van der Waals surface area (Å²) in [6, 6.07) is 0. The molecule has 0 aromatic rings. The van der Waals surface area contributed by atoms with E-state index in [1.807, 2.05) is 0 Å². The van der Waals surface area contributed by atoms with Crippen LogP contribution < -0.4 is 0 Å². The Morgan fingerprint density at radius 3 is 1.95 bits per heavy atom. The lowest BCUT2D eigenvalue weighted by molar-refractivity contribution is -0.322. The lowest BCUT2D eigenvalue weighted by atomic mass is 9.99. The van der Waals surface area contributed by atoms with Gasteiger partial charge in [0.15, 0.2) is 12.6 Å². The van der Waals surface area contributed by atoms with Gasteiger partial charge in [0.25, 0.3) is 0 Å². The molecule has 10 heteroatoms. The molecule has 2 heterocycles. The van der Waals surface area contributed by atoms with E-state index in [2.05, 4.69) is 0 Å². The van der Waals surface area contributed by atoms with E-state index >= 15 is 0 Å². The fourth-order valence-electron chi connectivity index (χ4n) is 2.41. The van der Waals surface area contributed by atoms with Gasteiger partial charge in [0.05, 0.1) is 12.7 Å². The molecule has 2 rings (SSSR count). The van der Waals surface area contributed by atoms with Crippen molar-refractivity contribution >= 4 is 0 Å². The molecule has 0 amide bonds. The first-order valence-corrected chi connectivity index (χ1v) is 6.93. The summed E-state index contributed by atoms with van der Waals surface area (Å²) >= 11 is 0. The Hall–Kier alpha value is -0.400. The van der Waals surface area contributed by atoms with Gasteiger partial charge in [-0.15, -0.1) is 0 Å².